The summed E-state index contributed by atoms with van der Waals surface area (Å²) in [5.41, 5.74) is 2.28. The molecule has 0 saturated heterocycles. The van der Waals surface area contributed by atoms with Gasteiger partial charge in [0.25, 0.3) is 0 Å². The van der Waals surface area contributed by atoms with Crippen molar-refractivity contribution in [2.24, 2.45) is 7.05 Å². The first kappa shape index (κ1) is 11.4. The van der Waals surface area contributed by atoms with E-state index in [4.69, 9.17) is 0 Å². The number of aromatic nitrogens is 5. The maximum atomic E-state index is 4.61. The quantitative estimate of drug-likeness (QED) is 0.829. The van der Waals surface area contributed by atoms with Crippen LogP contribution >= 0.6 is 0 Å². The highest BCUT2D eigenvalue weighted by Gasteiger charge is 2.28. The molecule has 5 nitrogen and oxygen atoms in total. The fourth-order valence-electron chi connectivity index (χ4n) is 2.23. The van der Waals surface area contributed by atoms with Crippen LogP contribution in [0.15, 0.2) is 6.07 Å². The first-order valence-electron chi connectivity index (χ1n) is 6.71. The van der Waals surface area contributed by atoms with Crippen LogP contribution in [-0.4, -0.2) is 24.5 Å². The predicted octanol–water partition coefficient (Wildman–Crippen LogP) is 2.14. The molecule has 1 aliphatic rings. The molecule has 96 valence electrons. The van der Waals surface area contributed by atoms with Crippen LogP contribution in [0.2, 0.25) is 0 Å². The number of rotatable bonds is 4. The second kappa shape index (κ2) is 4.23. The standard InChI is InChI=1S/C13H19N5/c1-4-12-14-13(18(5-2)16-12)11-8-10(9-6-7-9)15-17(11)3/h8-9H,4-7H2,1-3H3. The topological polar surface area (TPSA) is 48.5 Å². The Morgan fingerprint density at radius 1 is 1.28 bits per heavy atom. The molecule has 2 heterocycles. The van der Waals surface area contributed by atoms with E-state index in [1.807, 2.05) is 16.4 Å². The van der Waals surface area contributed by atoms with E-state index < -0.39 is 0 Å². The third-order valence-electron chi connectivity index (χ3n) is 3.45. The molecule has 18 heavy (non-hydrogen) atoms. The molecule has 0 aliphatic heterocycles. The van der Waals surface area contributed by atoms with Gasteiger partial charge in [-0.2, -0.15) is 10.2 Å². The van der Waals surface area contributed by atoms with Crippen LogP contribution in [0.3, 0.4) is 0 Å². The molecule has 2 aromatic rings. The summed E-state index contributed by atoms with van der Waals surface area (Å²) in [6, 6.07) is 2.17. The van der Waals surface area contributed by atoms with Gasteiger partial charge in [0.15, 0.2) is 11.6 Å². The summed E-state index contributed by atoms with van der Waals surface area (Å²) in [4.78, 5) is 4.61. The van der Waals surface area contributed by atoms with E-state index in [0.717, 1.165) is 30.3 Å². The lowest BCUT2D eigenvalue weighted by atomic mass is 10.2. The van der Waals surface area contributed by atoms with E-state index in [0.29, 0.717) is 5.92 Å². The summed E-state index contributed by atoms with van der Waals surface area (Å²) in [7, 11) is 1.99. The predicted molar refractivity (Wildman–Crippen MR) is 69.3 cm³/mol. The zero-order chi connectivity index (χ0) is 12.7. The average molecular weight is 245 g/mol. The van der Waals surface area contributed by atoms with E-state index in [1.54, 1.807) is 0 Å². The molecular weight excluding hydrogens is 226 g/mol. The lowest BCUT2D eigenvalue weighted by molar-refractivity contribution is 0.646. The highest BCUT2D eigenvalue weighted by atomic mass is 15.4. The maximum absolute atomic E-state index is 4.61. The number of aryl methyl sites for hydroxylation is 3. The van der Waals surface area contributed by atoms with Crippen molar-refractivity contribution < 1.29 is 0 Å². The van der Waals surface area contributed by atoms with E-state index in [-0.39, 0.29) is 0 Å². The van der Waals surface area contributed by atoms with Crippen LogP contribution < -0.4 is 0 Å². The molecule has 2 aromatic heterocycles. The molecule has 0 bridgehead atoms. The fourth-order valence-corrected chi connectivity index (χ4v) is 2.23. The van der Waals surface area contributed by atoms with Crippen molar-refractivity contribution in [3.63, 3.8) is 0 Å². The van der Waals surface area contributed by atoms with Crippen LogP contribution in [0.5, 0.6) is 0 Å². The molecule has 0 N–H and O–H groups in total. The zero-order valence-electron chi connectivity index (χ0n) is 11.2. The number of hydrogen-bond acceptors (Lipinski definition) is 3. The van der Waals surface area contributed by atoms with Gasteiger partial charge in [-0.25, -0.2) is 9.67 Å². The van der Waals surface area contributed by atoms with Crippen LogP contribution in [0.1, 0.15) is 44.1 Å². The van der Waals surface area contributed by atoms with Crippen LogP contribution in [0.4, 0.5) is 0 Å². The molecule has 0 spiro atoms. The Bertz CT molecular complexity index is 562. The molecule has 1 aliphatic carbocycles. The summed E-state index contributed by atoms with van der Waals surface area (Å²) < 4.78 is 3.90. The van der Waals surface area contributed by atoms with Gasteiger partial charge in [-0.3, -0.25) is 4.68 Å². The minimum Gasteiger partial charge on any atom is -0.264 e. The Balaban J connectivity index is 2.04. The second-order valence-electron chi connectivity index (χ2n) is 4.87. The molecule has 1 fully saturated rings. The summed E-state index contributed by atoms with van der Waals surface area (Å²) >= 11 is 0. The van der Waals surface area contributed by atoms with E-state index in [2.05, 4.69) is 35.1 Å². The zero-order valence-corrected chi connectivity index (χ0v) is 11.2. The Kier molecular flexibility index (Phi) is 2.69. The van der Waals surface area contributed by atoms with Gasteiger partial charge in [0.1, 0.15) is 5.69 Å². The van der Waals surface area contributed by atoms with Gasteiger partial charge in [0, 0.05) is 25.9 Å². The van der Waals surface area contributed by atoms with Crippen molar-refractivity contribution in [3.05, 3.63) is 17.6 Å². The molecule has 0 radical (unpaired) electrons. The second-order valence-corrected chi connectivity index (χ2v) is 4.87. The molecule has 0 aromatic carbocycles. The molecule has 5 heteroatoms. The van der Waals surface area contributed by atoms with Crippen molar-refractivity contribution in [1.29, 1.82) is 0 Å². The molecule has 0 amide bonds. The van der Waals surface area contributed by atoms with Crippen molar-refractivity contribution in [2.75, 3.05) is 0 Å². The van der Waals surface area contributed by atoms with Gasteiger partial charge in [0.2, 0.25) is 0 Å². The van der Waals surface area contributed by atoms with Crippen molar-refractivity contribution in [3.8, 4) is 11.5 Å². The van der Waals surface area contributed by atoms with Crippen LogP contribution in [0.25, 0.3) is 11.5 Å². The Labute approximate surface area is 107 Å². The first-order valence-corrected chi connectivity index (χ1v) is 6.71. The van der Waals surface area contributed by atoms with Crippen molar-refractivity contribution in [2.45, 2.75) is 45.6 Å². The average Bonchev–Trinajstić information content (AvgIpc) is 3.03. The van der Waals surface area contributed by atoms with Crippen LogP contribution in [0, 0.1) is 0 Å². The van der Waals surface area contributed by atoms with Gasteiger partial charge in [-0.1, -0.05) is 6.92 Å². The minimum atomic E-state index is 0.675. The van der Waals surface area contributed by atoms with Gasteiger partial charge in [0.05, 0.1) is 5.69 Å². The summed E-state index contributed by atoms with van der Waals surface area (Å²) in [5, 5.41) is 9.09. The minimum absolute atomic E-state index is 0.675. The largest absolute Gasteiger partial charge is 0.264 e. The van der Waals surface area contributed by atoms with Crippen molar-refractivity contribution in [1.82, 2.24) is 24.5 Å². The van der Waals surface area contributed by atoms with E-state index in [9.17, 15) is 0 Å². The molecular formula is C13H19N5. The normalized spacial score (nSPS) is 15.3. The summed E-state index contributed by atoms with van der Waals surface area (Å²) in [6.07, 6.45) is 3.42. The first-order chi connectivity index (χ1) is 8.72. The monoisotopic (exact) mass is 245 g/mol. The lowest BCUT2D eigenvalue weighted by Crippen LogP contribution is -2.03. The lowest BCUT2D eigenvalue weighted by Gasteiger charge is -2.01. The summed E-state index contributed by atoms with van der Waals surface area (Å²) in [5.74, 6) is 2.52. The van der Waals surface area contributed by atoms with E-state index >= 15 is 0 Å². The molecule has 0 unspecified atom stereocenters. The number of nitrogens with zero attached hydrogens (tertiary/aromatic N) is 5. The van der Waals surface area contributed by atoms with Crippen molar-refractivity contribution >= 4 is 0 Å². The maximum Gasteiger partial charge on any atom is 0.176 e. The van der Waals surface area contributed by atoms with Crippen LogP contribution in [-0.2, 0) is 20.0 Å². The third-order valence-corrected chi connectivity index (χ3v) is 3.45. The highest BCUT2D eigenvalue weighted by molar-refractivity contribution is 5.51. The SMILES string of the molecule is CCc1nc(-c2cc(C3CC3)nn2C)n(CC)n1. The van der Waals surface area contributed by atoms with Gasteiger partial charge in [-0.15, -0.1) is 0 Å². The smallest absolute Gasteiger partial charge is 0.176 e. The highest BCUT2D eigenvalue weighted by Crippen LogP contribution is 2.40. The Hall–Kier alpha value is -1.65. The molecule has 3 rings (SSSR count). The van der Waals surface area contributed by atoms with Gasteiger partial charge >= 0.3 is 0 Å². The van der Waals surface area contributed by atoms with E-state index in [1.165, 1.54) is 18.5 Å². The fraction of sp³-hybridized carbons (Fsp3) is 0.615. The Morgan fingerprint density at radius 2 is 2.06 bits per heavy atom. The molecule has 0 atom stereocenters. The molecule has 1 saturated carbocycles. The number of hydrogen-bond donors (Lipinski definition) is 0. The van der Waals surface area contributed by atoms with Gasteiger partial charge < -0.3 is 0 Å². The summed E-state index contributed by atoms with van der Waals surface area (Å²) in [6.45, 7) is 5.01. The third kappa shape index (κ3) is 1.83. The Morgan fingerprint density at radius 3 is 2.67 bits per heavy atom. The van der Waals surface area contributed by atoms with Gasteiger partial charge in [-0.05, 0) is 25.8 Å².